The molecule has 1 aliphatic rings. The van der Waals surface area contributed by atoms with Gasteiger partial charge in [-0.15, -0.1) is 0 Å². The van der Waals surface area contributed by atoms with Crippen molar-refractivity contribution in [2.24, 2.45) is 5.41 Å². The highest BCUT2D eigenvalue weighted by Gasteiger charge is 2.26. The summed E-state index contributed by atoms with van der Waals surface area (Å²) in [6.45, 7) is 9.70. The maximum atomic E-state index is 12.0. The summed E-state index contributed by atoms with van der Waals surface area (Å²) in [6, 6.07) is 0.320. The first-order chi connectivity index (χ1) is 9.45. The maximum absolute atomic E-state index is 12.0. The molecule has 1 aromatic rings. The summed E-state index contributed by atoms with van der Waals surface area (Å²) >= 11 is 0. The molecule has 0 spiro atoms. The summed E-state index contributed by atoms with van der Waals surface area (Å²) in [6.07, 6.45) is 5.45. The molecular formula is C14H25N5O. The minimum absolute atomic E-state index is 0.150. The van der Waals surface area contributed by atoms with Crippen molar-refractivity contribution < 1.29 is 4.79 Å². The number of amides is 1. The second-order valence-corrected chi connectivity index (χ2v) is 6.46. The molecule has 0 atom stereocenters. The summed E-state index contributed by atoms with van der Waals surface area (Å²) in [4.78, 5) is 16.1. The fourth-order valence-electron chi connectivity index (χ4n) is 2.29. The van der Waals surface area contributed by atoms with Crippen molar-refractivity contribution in [2.75, 3.05) is 19.6 Å². The van der Waals surface area contributed by atoms with Gasteiger partial charge in [0.25, 0.3) is 0 Å². The van der Waals surface area contributed by atoms with Crippen LogP contribution in [0.4, 0.5) is 0 Å². The number of carbonyl (C=O) groups excluding carboxylic acids is 1. The highest BCUT2D eigenvalue weighted by Crippen LogP contribution is 2.16. The Morgan fingerprint density at radius 2 is 1.80 bits per heavy atom. The zero-order chi connectivity index (χ0) is 14.6. The minimum atomic E-state index is -0.303. The second kappa shape index (κ2) is 6.35. The van der Waals surface area contributed by atoms with Crippen molar-refractivity contribution in [3.05, 3.63) is 12.4 Å². The molecule has 2 rings (SSSR count). The Bertz CT molecular complexity index is 415. The molecule has 20 heavy (non-hydrogen) atoms. The Kier molecular flexibility index (Phi) is 4.75. The monoisotopic (exact) mass is 279 g/mol. The minimum Gasteiger partial charge on any atom is -0.353 e. The van der Waals surface area contributed by atoms with Crippen LogP contribution in [0.1, 0.15) is 33.6 Å². The van der Waals surface area contributed by atoms with Gasteiger partial charge >= 0.3 is 0 Å². The Labute approximate surface area is 120 Å². The van der Waals surface area contributed by atoms with Crippen LogP contribution in [-0.2, 0) is 11.3 Å². The zero-order valence-electron chi connectivity index (χ0n) is 12.7. The predicted molar refractivity (Wildman–Crippen MR) is 77.1 cm³/mol. The number of likely N-dealkylation sites (tertiary alicyclic amines) is 1. The molecule has 0 radical (unpaired) electrons. The van der Waals surface area contributed by atoms with Crippen molar-refractivity contribution in [3.8, 4) is 0 Å². The molecule has 1 aliphatic heterocycles. The molecule has 1 N–H and O–H groups in total. The van der Waals surface area contributed by atoms with Gasteiger partial charge in [0.1, 0.15) is 0 Å². The van der Waals surface area contributed by atoms with E-state index in [0.29, 0.717) is 6.04 Å². The first-order valence-electron chi connectivity index (χ1n) is 7.32. The van der Waals surface area contributed by atoms with E-state index in [1.54, 1.807) is 17.2 Å². The summed E-state index contributed by atoms with van der Waals surface area (Å²) in [7, 11) is 0. The summed E-state index contributed by atoms with van der Waals surface area (Å²) < 4.78 is 0. The number of piperidine rings is 1. The molecule has 0 bridgehead atoms. The lowest BCUT2D eigenvalue weighted by atomic mass is 9.94. The molecule has 0 unspecified atom stereocenters. The number of hydrogen-bond acceptors (Lipinski definition) is 4. The molecule has 0 aromatic carbocycles. The highest BCUT2D eigenvalue weighted by molar-refractivity contribution is 5.81. The van der Waals surface area contributed by atoms with E-state index in [1.165, 1.54) is 0 Å². The molecule has 2 heterocycles. The van der Waals surface area contributed by atoms with Crippen molar-refractivity contribution >= 4 is 5.91 Å². The molecule has 1 saturated heterocycles. The number of nitrogens with one attached hydrogen (secondary N) is 1. The number of hydrogen-bond donors (Lipinski definition) is 1. The molecule has 1 fully saturated rings. The van der Waals surface area contributed by atoms with E-state index in [1.807, 2.05) is 20.8 Å². The first kappa shape index (κ1) is 15.0. The lowest BCUT2D eigenvalue weighted by molar-refractivity contribution is -0.129. The molecule has 0 aliphatic carbocycles. The van der Waals surface area contributed by atoms with Crippen molar-refractivity contribution in [2.45, 2.75) is 46.2 Å². The van der Waals surface area contributed by atoms with Gasteiger partial charge in [-0.25, -0.2) is 0 Å². The van der Waals surface area contributed by atoms with Gasteiger partial charge in [-0.2, -0.15) is 15.0 Å². The van der Waals surface area contributed by atoms with Crippen LogP contribution in [0, 0.1) is 5.41 Å². The molecule has 112 valence electrons. The van der Waals surface area contributed by atoms with Gasteiger partial charge in [-0.3, -0.25) is 4.79 Å². The van der Waals surface area contributed by atoms with Gasteiger partial charge < -0.3 is 10.2 Å². The van der Waals surface area contributed by atoms with Crippen molar-refractivity contribution in [3.63, 3.8) is 0 Å². The molecule has 1 aromatic heterocycles. The van der Waals surface area contributed by atoms with E-state index in [-0.39, 0.29) is 11.3 Å². The molecule has 0 saturated carbocycles. The van der Waals surface area contributed by atoms with Crippen LogP contribution in [-0.4, -0.2) is 51.5 Å². The Morgan fingerprint density at radius 1 is 1.20 bits per heavy atom. The highest BCUT2D eigenvalue weighted by atomic mass is 16.2. The van der Waals surface area contributed by atoms with E-state index in [4.69, 9.17) is 0 Å². The lowest BCUT2D eigenvalue weighted by Crippen LogP contribution is -2.48. The third-order valence-corrected chi connectivity index (χ3v) is 3.69. The van der Waals surface area contributed by atoms with Gasteiger partial charge in [-0.1, -0.05) is 20.8 Å². The predicted octanol–water partition coefficient (Wildman–Crippen LogP) is 0.905. The largest absolute Gasteiger partial charge is 0.353 e. The topological polar surface area (TPSA) is 63.1 Å². The fourth-order valence-corrected chi connectivity index (χ4v) is 2.29. The van der Waals surface area contributed by atoms with Gasteiger partial charge in [0, 0.05) is 31.1 Å². The summed E-state index contributed by atoms with van der Waals surface area (Å²) in [5.74, 6) is 0.150. The van der Waals surface area contributed by atoms with Crippen LogP contribution in [0.2, 0.25) is 0 Å². The van der Waals surface area contributed by atoms with Gasteiger partial charge in [0.05, 0.1) is 18.9 Å². The Morgan fingerprint density at radius 3 is 2.35 bits per heavy atom. The number of rotatable bonds is 4. The van der Waals surface area contributed by atoms with E-state index in [2.05, 4.69) is 20.4 Å². The quantitative estimate of drug-likeness (QED) is 0.889. The molecule has 6 heteroatoms. The molecule has 1 amide bonds. The number of nitrogens with zero attached hydrogens (tertiary/aromatic N) is 4. The normalized spacial score (nSPS) is 18.1. The lowest BCUT2D eigenvalue weighted by Gasteiger charge is -2.33. The first-order valence-corrected chi connectivity index (χ1v) is 7.32. The van der Waals surface area contributed by atoms with Crippen molar-refractivity contribution in [1.82, 2.24) is 25.2 Å². The van der Waals surface area contributed by atoms with E-state index >= 15 is 0 Å². The van der Waals surface area contributed by atoms with Crippen LogP contribution in [0.3, 0.4) is 0 Å². The number of aromatic nitrogens is 3. The molecule has 6 nitrogen and oxygen atoms in total. The third kappa shape index (κ3) is 4.30. The van der Waals surface area contributed by atoms with Crippen molar-refractivity contribution in [1.29, 1.82) is 0 Å². The summed E-state index contributed by atoms with van der Waals surface area (Å²) in [5, 5.41) is 11.4. The van der Waals surface area contributed by atoms with Crippen LogP contribution in [0.5, 0.6) is 0 Å². The van der Waals surface area contributed by atoms with Gasteiger partial charge in [-0.05, 0) is 12.8 Å². The van der Waals surface area contributed by atoms with Crippen LogP contribution >= 0.6 is 0 Å². The van der Waals surface area contributed by atoms with E-state index < -0.39 is 0 Å². The standard InChI is InChI=1S/C14H25N5O/c1-14(2,3)13(20)17-12-4-8-18(9-5-12)10-11-19-15-6-7-16-19/h6-7,12H,4-5,8-11H2,1-3H3,(H,17,20). The Hall–Kier alpha value is -1.43. The summed E-state index contributed by atoms with van der Waals surface area (Å²) in [5.41, 5.74) is -0.303. The van der Waals surface area contributed by atoms with Crippen LogP contribution in [0.25, 0.3) is 0 Å². The second-order valence-electron chi connectivity index (χ2n) is 6.46. The number of carbonyl (C=O) groups is 1. The smallest absolute Gasteiger partial charge is 0.225 e. The third-order valence-electron chi connectivity index (χ3n) is 3.69. The average Bonchev–Trinajstić information content (AvgIpc) is 2.90. The molecular weight excluding hydrogens is 254 g/mol. The Balaban J connectivity index is 1.68. The zero-order valence-corrected chi connectivity index (χ0v) is 12.7. The van der Waals surface area contributed by atoms with E-state index in [9.17, 15) is 4.79 Å². The average molecular weight is 279 g/mol. The van der Waals surface area contributed by atoms with Crippen LogP contribution in [0.15, 0.2) is 12.4 Å². The SMILES string of the molecule is CC(C)(C)C(=O)NC1CCN(CCn2nccn2)CC1. The van der Waals surface area contributed by atoms with Gasteiger partial charge in [0.2, 0.25) is 5.91 Å². The van der Waals surface area contributed by atoms with Gasteiger partial charge in [0.15, 0.2) is 0 Å². The fraction of sp³-hybridized carbons (Fsp3) is 0.786. The van der Waals surface area contributed by atoms with Crippen LogP contribution < -0.4 is 5.32 Å². The van der Waals surface area contributed by atoms with E-state index in [0.717, 1.165) is 39.0 Å². The maximum Gasteiger partial charge on any atom is 0.225 e.